The molecule has 1 aromatic heterocycles. The summed E-state index contributed by atoms with van der Waals surface area (Å²) >= 11 is 5.64. The Labute approximate surface area is 84.9 Å². The quantitative estimate of drug-likeness (QED) is 0.442. The first-order valence-electron chi connectivity index (χ1n) is 3.90. The van der Waals surface area contributed by atoms with Crippen molar-refractivity contribution in [2.24, 2.45) is 5.16 Å². The first-order valence-corrected chi connectivity index (χ1v) is 4.28. The summed E-state index contributed by atoms with van der Waals surface area (Å²) in [7, 11) is 0. The van der Waals surface area contributed by atoms with Crippen molar-refractivity contribution >= 4 is 27.8 Å². The second-order valence-corrected chi connectivity index (χ2v) is 3.01. The van der Waals surface area contributed by atoms with Crippen LogP contribution in [0.3, 0.4) is 0 Å². The number of hydrogen-bond donors (Lipinski definition) is 1. The first-order chi connectivity index (χ1) is 6.81. The van der Waals surface area contributed by atoms with Crippen LogP contribution in [0.2, 0.25) is 0 Å². The van der Waals surface area contributed by atoms with E-state index in [0.717, 1.165) is 5.52 Å². The Morgan fingerprint density at radius 1 is 1.21 bits per heavy atom. The van der Waals surface area contributed by atoms with Crippen LogP contribution in [0.4, 0.5) is 0 Å². The lowest BCUT2D eigenvalue weighted by Crippen LogP contribution is -1.92. The standard InChI is InChI=1S/C9H6ClN3O/c10-9(13-14)6-1-2-7-8(5-6)12-4-3-11-7/h1-5,14H. The molecule has 14 heavy (non-hydrogen) atoms. The molecule has 1 heterocycles. The van der Waals surface area contributed by atoms with E-state index in [1.165, 1.54) is 0 Å². The molecule has 0 unspecified atom stereocenters. The summed E-state index contributed by atoms with van der Waals surface area (Å²) in [6.45, 7) is 0. The number of oxime groups is 1. The molecule has 0 fully saturated rings. The fourth-order valence-corrected chi connectivity index (χ4v) is 1.27. The van der Waals surface area contributed by atoms with E-state index in [1.807, 2.05) is 0 Å². The zero-order chi connectivity index (χ0) is 9.97. The van der Waals surface area contributed by atoms with Gasteiger partial charge in [0.1, 0.15) is 0 Å². The largest absolute Gasteiger partial charge is 0.410 e. The predicted molar refractivity (Wildman–Crippen MR) is 53.7 cm³/mol. The maximum atomic E-state index is 8.48. The molecular weight excluding hydrogens is 202 g/mol. The van der Waals surface area contributed by atoms with Crippen molar-refractivity contribution in [2.75, 3.05) is 0 Å². The average molecular weight is 208 g/mol. The number of rotatable bonds is 1. The highest BCUT2D eigenvalue weighted by atomic mass is 35.5. The van der Waals surface area contributed by atoms with Crippen LogP contribution >= 0.6 is 11.6 Å². The Hall–Kier alpha value is -1.68. The van der Waals surface area contributed by atoms with Gasteiger partial charge in [-0.15, -0.1) is 0 Å². The SMILES string of the molecule is ON=C(Cl)c1ccc2nccnc2c1. The van der Waals surface area contributed by atoms with Gasteiger partial charge in [0.15, 0.2) is 5.17 Å². The van der Waals surface area contributed by atoms with E-state index in [2.05, 4.69) is 15.1 Å². The first kappa shape index (κ1) is 8.90. The monoisotopic (exact) mass is 207 g/mol. The molecule has 0 aliphatic carbocycles. The fraction of sp³-hybridized carbons (Fsp3) is 0. The van der Waals surface area contributed by atoms with Gasteiger partial charge in [-0.1, -0.05) is 16.8 Å². The maximum absolute atomic E-state index is 8.48. The summed E-state index contributed by atoms with van der Waals surface area (Å²) in [5.41, 5.74) is 2.10. The molecule has 4 nitrogen and oxygen atoms in total. The summed E-state index contributed by atoms with van der Waals surface area (Å²) in [5, 5.41) is 11.4. The highest BCUT2D eigenvalue weighted by molar-refractivity contribution is 6.69. The van der Waals surface area contributed by atoms with E-state index in [4.69, 9.17) is 16.8 Å². The molecule has 0 spiro atoms. The van der Waals surface area contributed by atoms with E-state index in [1.54, 1.807) is 30.6 Å². The molecule has 0 bridgehead atoms. The second kappa shape index (κ2) is 3.59. The lowest BCUT2D eigenvalue weighted by Gasteiger charge is -1.98. The molecule has 1 N–H and O–H groups in total. The number of hydrogen-bond acceptors (Lipinski definition) is 4. The van der Waals surface area contributed by atoms with Gasteiger partial charge in [0, 0.05) is 18.0 Å². The number of nitrogens with zero attached hydrogens (tertiary/aromatic N) is 3. The van der Waals surface area contributed by atoms with Gasteiger partial charge in [-0.3, -0.25) is 9.97 Å². The topological polar surface area (TPSA) is 58.4 Å². The van der Waals surface area contributed by atoms with Crippen LogP contribution in [-0.2, 0) is 0 Å². The van der Waals surface area contributed by atoms with Gasteiger partial charge in [-0.05, 0) is 18.2 Å². The Balaban J connectivity index is 2.62. The molecule has 0 aliphatic heterocycles. The minimum atomic E-state index is 0.0394. The van der Waals surface area contributed by atoms with Crippen LogP contribution < -0.4 is 0 Å². The number of halogens is 1. The van der Waals surface area contributed by atoms with Gasteiger partial charge in [-0.25, -0.2) is 0 Å². The summed E-state index contributed by atoms with van der Waals surface area (Å²) < 4.78 is 0. The second-order valence-electron chi connectivity index (χ2n) is 2.65. The summed E-state index contributed by atoms with van der Waals surface area (Å²) in [4.78, 5) is 8.20. The highest BCUT2D eigenvalue weighted by Crippen LogP contribution is 2.12. The van der Waals surface area contributed by atoms with Crippen molar-refractivity contribution in [3.63, 3.8) is 0 Å². The molecule has 0 aliphatic rings. The van der Waals surface area contributed by atoms with E-state index < -0.39 is 0 Å². The minimum absolute atomic E-state index is 0.0394. The highest BCUT2D eigenvalue weighted by Gasteiger charge is 2.02. The summed E-state index contributed by atoms with van der Waals surface area (Å²) in [6, 6.07) is 5.20. The van der Waals surface area contributed by atoms with Gasteiger partial charge in [0.05, 0.1) is 11.0 Å². The molecule has 0 saturated carbocycles. The third-order valence-electron chi connectivity index (χ3n) is 1.80. The van der Waals surface area contributed by atoms with Crippen molar-refractivity contribution in [3.8, 4) is 0 Å². The van der Waals surface area contributed by atoms with Crippen molar-refractivity contribution < 1.29 is 5.21 Å². The van der Waals surface area contributed by atoms with Crippen LogP contribution in [-0.4, -0.2) is 20.3 Å². The average Bonchev–Trinajstić information content (AvgIpc) is 2.27. The Morgan fingerprint density at radius 2 is 1.93 bits per heavy atom. The lowest BCUT2D eigenvalue weighted by atomic mass is 10.2. The normalized spacial score (nSPS) is 11.9. The van der Waals surface area contributed by atoms with Gasteiger partial charge in [-0.2, -0.15) is 0 Å². The van der Waals surface area contributed by atoms with Crippen molar-refractivity contribution in [1.29, 1.82) is 0 Å². The van der Waals surface area contributed by atoms with Gasteiger partial charge in [0.25, 0.3) is 0 Å². The predicted octanol–water partition coefficient (Wildman–Crippen LogP) is 2.00. The molecule has 1 aromatic carbocycles. The third-order valence-corrected chi connectivity index (χ3v) is 2.09. The molecule has 0 atom stereocenters. The van der Waals surface area contributed by atoms with E-state index in [0.29, 0.717) is 11.1 Å². The molecule has 2 aromatic rings. The van der Waals surface area contributed by atoms with Crippen molar-refractivity contribution in [2.45, 2.75) is 0 Å². The maximum Gasteiger partial charge on any atom is 0.175 e. The zero-order valence-corrected chi connectivity index (χ0v) is 7.81. The van der Waals surface area contributed by atoms with Gasteiger partial charge >= 0.3 is 0 Å². The van der Waals surface area contributed by atoms with Crippen LogP contribution in [0.5, 0.6) is 0 Å². The van der Waals surface area contributed by atoms with E-state index in [-0.39, 0.29) is 5.17 Å². The summed E-state index contributed by atoms with van der Waals surface area (Å²) in [5.74, 6) is 0. The molecule has 5 heteroatoms. The molecule has 0 saturated heterocycles. The van der Waals surface area contributed by atoms with Crippen molar-refractivity contribution in [1.82, 2.24) is 9.97 Å². The van der Waals surface area contributed by atoms with Gasteiger partial charge < -0.3 is 5.21 Å². The zero-order valence-electron chi connectivity index (χ0n) is 7.05. The number of fused-ring (bicyclic) bond motifs is 1. The van der Waals surface area contributed by atoms with Crippen molar-refractivity contribution in [3.05, 3.63) is 36.2 Å². The summed E-state index contributed by atoms with van der Waals surface area (Å²) in [6.07, 6.45) is 3.21. The number of benzene rings is 1. The fourth-order valence-electron chi connectivity index (χ4n) is 1.15. The van der Waals surface area contributed by atoms with Crippen LogP contribution in [0, 0.1) is 0 Å². The minimum Gasteiger partial charge on any atom is -0.410 e. The number of aromatic nitrogens is 2. The van der Waals surface area contributed by atoms with Crippen LogP contribution in [0.1, 0.15) is 5.56 Å². The van der Waals surface area contributed by atoms with Gasteiger partial charge in [0.2, 0.25) is 0 Å². The lowest BCUT2D eigenvalue weighted by molar-refractivity contribution is 0.321. The smallest absolute Gasteiger partial charge is 0.175 e. The Morgan fingerprint density at radius 3 is 2.64 bits per heavy atom. The molecular formula is C9H6ClN3O. The third kappa shape index (κ3) is 1.52. The molecule has 0 radical (unpaired) electrons. The Bertz CT molecular complexity index is 498. The molecule has 70 valence electrons. The van der Waals surface area contributed by atoms with Crippen LogP contribution in [0.15, 0.2) is 35.7 Å². The molecule has 2 rings (SSSR count). The van der Waals surface area contributed by atoms with E-state index >= 15 is 0 Å². The molecule has 0 amide bonds. The van der Waals surface area contributed by atoms with E-state index in [9.17, 15) is 0 Å². The Kier molecular flexibility index (Phi) is 2.28. The van der Waals surface area contributed by atoms with Crippen LogP contribution in [0.25, 0.3) is 11.0 Å².